The van der Waals surface area contributed by atoms with Crippen molar-refractivity contribution >= 4 is 16.0 Å². The minimum atomic E-state index is -4.75. The van der Waals surface area contributed by atoms with Crippen LogP contribution in [0.25, 0.3) is 0 Å². The van der Waals surface area contributed by atoms with Crippen LogP contribution in [-0.2, 0) is 33.8 Å². The number of piperazine rings is 1. The number of sulfonamides is 1. The minimum Gasteiger partial charge on any atom is -0.481 e. The summed E-state index contributed by atoms with van der Waals surface area (Å²) >= 11 is 0. The summed E-state index contributed by atoms with van der Waals surface area (Å²) in [6.07, 6.45) is -4.71. The molecule has 0 bridgehead atoms. The summed E-state index contributed by atoms with van der Waals surface area (Å²) in [5.74, 6) is -2.37. The van der Waals surface area contributed by atoms with E-state index in [2.05, 4.69) is 0 Å². The summed E-state index contributed by atoms with van der Waals surface area (Å²) in [7, 11) is -3.88. The lowest BCUT2D eigenvalue weighted by molar-refractivity contribution is -0.140. The zero-order valence-electron chi connectivity index (χ0n) is 18.7. The molecule has 0 radical (unpaired) electrons. The van der Waals surface area contributed by atoms with E-state index in [4.69, 9.17) is 5.11 Å². The van der Waals surface area contributed by atoms with E-state index in [9.17, 15) is 30.8 Å². The summed E-state index contributed by atoms with van der Waals surface area (Å²) in [6.45, 7) is 4.74. The fraction of sp³-hybridized carbons (Fsp3) is 0.435. The molecule has 0 saturated carbocycles. The maximum absolute atomic E-state index is 13.8. The Morgan fingerprint density at radius 3 is 2.26 bits per heavy atom. The third-order valence-corrected chi connectivity index (χ3v) is 7.92. The second kappa shape index (κ2) is 10.0. The van der Waals surface area contributed by atoms with E-state index in [0.717, 1.165) is 12.1 Å². The summed E-state index contributed by atoms with van der Waals surface area (Å²) in [6, 6.07) is 7.95. The molecule has 1 N–H and O–H groups in total. The normalized spacial score (nSPS) is 20.4. The summed E-state index contributed by atoms with van der Waals surface area (Å²) in [5, 5.41) is 8.98. The first-order valence-electron chi connectivity index (χ1n) is 10.7. The molecule has 2 aromatic rings. The number of halogens is 4. The largest absolute Gasteiger partial charge is 0.481 e. The van der Waals surface area contributed by atoms with Crippen LogP contribution in [0.1, 0.15) is 30.5 Å². The van der Waals surface area contributed by atoms with E-state index in [1.807, 2.05) is 4.90 Å². The molecule has 2 atom stereocenters. The second-order valence-electron chi connectivity index (χ2n) is 8.57. The van der Waals surface area contributed by atoms with Crippen LogP contribution in [0, 0.1) is 5.82 Å². The fourth-order valence-corrected chi connectivity index (χ4v) is 6.29. The van der Waals surface area contributed by atoms with Crippen molar-refractivity contribution in [3.05, 3.63) is 65.0 Å². The smallest absolute Gasteiger partial charge is 0.419 e. The summed E-state index contributed by atoms with van der Waals surface area (Å²) in [4.78, 5) is 13.0. The lowest BCUT2D eigenvalue weighted by Crippen LogP contribution is -2.58. The van der Waals surface area contributed by atoms with Gasteiger partial charge in [-0.2, -0.15) is 17.5 Å². The Morgan fingerprint density at radius 2 is 1.71 bits per heavy atom. The number of carboxylic acids is 1. The third kappa shape index (κ3) is 5.94. The van der Waals surface area contributed by atoms with Gasteiger partial charge >= 0.3 is 12.1 Å². The van der Waals surface area contributed by atoms with Crippen LogP contribution in [-0.4, -0.2) is 60.4 Å². The fourth-order valence-electron chi connectivity index (χ4n) is 4.42. The maximum atomic E-state index is 13.8. The molecule has 34 heavy (non-hydrogen) atoms. The van der Waals surface area contributed by atoms with E-state index in [1.165, 1.54) is 28.6 Å². The number of rotatable bonds is 7. The number of carboxylic acid groups (broad SMARTS) is 1. The second-order valence-corrected chi connectivity index (χ2v) is 10.4. The molecule has 1 saturated heterocycles. The molecular formula is C23H26F4N2O4S. The number of benzene rings is 2. The molecule has 0 aliphatic carbocycles. The van der Waals surface area contributed by atoms with Gasteiger partial charge in [-0.3, -0.25) is 9.69 Å². The highest BCUT2D eigenvalue weighted by Crippen LogP contribution is 2.32. The molecule has 186 valence electrons. The molecule has 1 unspecified atom stereocenters. The third-order valence-electron chi connectivity index (χ3n) is 5.80. The zero-order valence-corrected chi connectivity index (χ0v) is 19.5. The van der Waals surface area contributed by atoms with E-state index < -0.39 is 45.6 Å². The minimum absolute atomic E-state index is 0.0265. The van der Waals surface area contributed by atoms with Crippen molar-refractivity contribution in [2.24, 2.45) is 0 Å². The van der Waals surface area contributed by atoms with Crippen molar-refractivity contribution in [1.82, 2.24) is 9.21 Å². The van der Waals surface area contributed by atoms with Gasteiger partial charge in [-0.05, 0) is 55.7 Å². The monoisotopic (exact) mass is 502 g/mol. The Bertz CT molecular complexity index is 1140. The van der Waals surface area contributed by atoms with Crippen molar-refractivity contribution in [2.75, 3.05) is 19.6 Å². The Morgan fingerprint density at radius 1 is 1.06 bits per heavy atom. The number of hydrogen-bond acceptors (Lipinski definition) is 4. The molecule has 0 amide bonds. The van der Waals surface area contributed by atoms with E-state index in [1.54, 1.807) is 19.9 Å². The molecule has 2 aromatic carbocycles. The van der Waals surface area contributed by atoms with Gasteiger partial charge in [0.25, 0.3) is 0 Å². The topological polar surface area (TPSA) is 77.9 Å². The van der Waals surface area contributed by atoms with Crippen LogP contribution >= 0.6 is 0 Å². The SMILES string of the molecule is CC1CN(CCc2ccc(C(F)(F)F)c(F)c2)C[C@@H](C)N1S(=O)(=O)c1cccc(CC(=O)O)c1. The van der Waals surface area contributed by atoms with Crippen molar-refractivity contribution in [1.29, 1.82) is 0 Å². The van der Waals surface area contributed by atoms with Gasteiger partial charge in [0.15, 0.2) is 0 Å². The lowest BCUT2D eigenvalue weighted by atomic mass is 10.1. The predicted molar refractivity (Wildman–Crippen MR) is 117 cm³/mol. The van der Waals surface area contributed by atoms with Gasteiger partial charge in [-0.1, -0.05) is 18.2 Å². The highest BCUT2D eigenvalue weighted by molar-refractivity contribution is 7.89. The molecule has 0 spiro atoms. The Hall–Kier alpha value is -2.50. The zero-order chi connectivity index (χ0) is 25.3. The highest BCUT2D eigenvalue weighted by atomic mass is 32.2. The molecule has 1 fully saturated rings. The average Bonchev–Trinajstić information content (AvgIpc) is 2.70. The van der Waals surface area contributed by atoms with Crippen LogP contribution in [0.15, 0.2) is 47.4 Å². The standard InChI is InChI=1S/C23H26F4N2O4S/c1-15-13-28(9-8-17-6-7-20(21(24)11-17)23(25,26)27)14-16(2)29(15)34(32,33)19-5-3-4-18(10-19)12-22(30)31/h3-7,10-11,15-16H,8-9,12-14H2,1-2H3,(H,30,31)/t15-,16?/m1/s1. The predicted octanol–water partition coefficient (Wildman–Crippen LogP) is 3.80. The first-order chi connectivity index (χ1) is 15.8. The van der Waals surface area contributed by atoms with Gasteiger partial charge < -0.3 is 5.11 Å². The molecule has 11 heteroatoms. The van der Waals surface area contributed by atoms with Crippen LogP contribution in [0.2, 0.25) is 0 Å². The average molecular weight is 503 g/mol. The maximum Gasteiger partial charge on any atom is 0.419 e. The molecule has 0 aromatic heterocycles. The van der Waals surface area contributed by atoms with Crippen molar-refractivity contribution in [2.45, 2.75) is 49.8 Å². The number of nitrogens with zero attached hydrogens (tertiary/aromatic N) is 2. The van der Waals surface area contributed by atoms with Crippen molar-refractivity contribution in [3.63, 3.8) is 0 Å². The molecule has 3 rings (SSSR count). The Balaban J connectivity index is 1.68. The van der Waals surface area contributed by atoms with Crippen LogP contribution in [0.4, 0.5) is 17.6 Å². The van der Waals surface area contributed by atoms with Gasteiger partial charge in [0.1, 0.15) is 5.82 Å². The highest BCUT2D eigenvalue weighted by Gasteiger charge is 2.38. The summed E-state index contributed by atoms with van der Waals surface area (Å²) in [5.41, 5.74) is -0.489. The van der Waals surface area contributed by atoms with Gasteiger partial charge in [-0.25, -0.2) is 12.8 Å². The van der Waals surface area contributed by atoms with Gasteiger partial charge in [0.05, 0.1) is 16.9 Å². The molecular weight excluding hydrogens is 476 g/mol. The number of aliphatic carboxylic acids is 1. The molecule has 1 aliphatic heterocycles. The first kappa shape index (κ1) is 26.1. The quantitative estimate of drug-likeness (QED) is 0.583. The Kier molecular flexibility index (Phi) is 7.69. The van der Waals surface area contributed by atoms with Crippen LogP contribution in [0.5, 0.6) is 0 Å². The molecule has 6 nitrogen and oxygen atoms in total. The van der Waals surface area contributed by atoms with Crippen molar-refractivity contribution in [3.8, 4) is 0 Å². The van der Waals surface area contributed by atoms with Gasteiger partial charge in [-0.15, -0.1) is 0 Å². The van der Waals surface area contributed by atoms with E-state index >= 15 is 0 Å². The first-order valence-corrected chi connectivity index (χ1v) is 12.2. The summed E-state index contributed by atoms with van der Waals surface area (Å²) < 4.78 is 80.1. The number of alkyl halides is 3. The number of carbonyl (C=O) groups is 1. The van der Waals surface area contributed by atoms with Crippen LogP contribution < -0.4 is 0 Å². The van der Waals surface area contributed by atoms with Gasteiger partial charge in [0, 0.05) is 31.7 Å². The van der Waals surface area contributed by atoms with Crippen LogP contribution in [0.3, 0.4) is 0 Å². The molecule has 1 aliphatic rings. The van der Waals surface area contributed by atoms with Gasteiger partial charge in [0.2, 0.25) is 10.0 Å². The lowest BCUT2D eigenvalue weighted by Gasteiger charge is -2.43. The Labute approximate surface area is 195 Å². The number of hydrogen-bond donors (Lipinski definition) is 1. The molecule has 1 heterocycles. The van der Waals surface area contributed by atoms with Crippen molar-refractivity contribution < 1.29 is 35.9 Å². The van der Waals surface area contributed by atoms with E-state index in [0.29, 0.717) is 37.2 Å². The van der Waals surface area contributed by atoms with E-state index in [-0.39, 0.29) is 11.3 Å².